The topological polar surface area (TPSA) is 41.9 Å². The van der Waals surface area contributed by atoms with Crippen LogP contribution in [0.15, 0.2) is 36.5 Å². The van der Waals surface area contributed by atoms with Gasteiger partial charge in [-0.05, 0) is 56.5 Å². The van der Waals surface area contributed by atoms with Gasteiger partial charge in [0.1, 0.15) is 5.82 Å². The molecule has 2 aromatic heterocycles. The van der Waals surface area contributed by atoms with E-state index in [1.54, 1.807) is 0 Å². The van der Waals surface area contributed by atoms with Crippen molar-refractivity contribution in [2.45, 2.75) is 52.7 Å². The molecule has 0 saturated carbocycles. The van der Waals surface area contributed by atoms with Gasteiger partial charge < -0.3 is 15.2 Å². The highest BCUT2D eigenvalue weighted by Crippen LogP contribution is 2.29. The highest BCUT2D eigenvalue weighted by Gasteiger charge is 2.19. The minimum Gasteiger partial charge on any atom is -0.368 e. The summed E-state index contributed by atoms with van der Waals surface area (Å²) in [6.45, 7) is 9.50. The molecule has 0 radical (unpaired) electrons. The number of nitrogens with one attached hydrogen (secondary N) is 2. The molecule has 26 heavy (non-hydrogen) atoms. The largest absolute Gasteiger partial charge is 0.368 e. The van der Waals surface area contributed by atoms with Crippen LogP contribution in [-0.4, -0.2) is 22.1 Å². The maximum Gasteiger partial charge on any atom is 0.126 e. The quantitative estimate of drug-likeness (QED) is 0.731. The lowest BCUT2D eigenvalue weighted by Crippen LogP contribution is -2.24. The van der Waals surface area contributed by atoms with Crippen LogP contribution in [-0.2, 0) is 25.9 Å². The standard InChI is InChI=1S/C22H28N4/c1-15(2)25-22-7-5-17(13-24-22)9-11-26-20-6-4-16(3)12-18(20)19-14-23-10-8-21(19)26/h4-7,12-13,15,23H,8-11,14H2,1-3H3,(H,24,25). The van der Waals surface area contributed by atoms with Gasteiger partial charge in [-0.25, -0.2) is 4.98 Å². The molecule has 1 aliphatic heterocycles. The molecular formula is C22H28N4. The average molecular weight is 348 g/mol. The molecule has 0 amide bonds. The van der Waals surface area contributed by atoms with E-state index in [0.29, 0.717) is 6.04 Å². The third-order valence-corrected chi connectivity index (χ3v) is 5.17. The lowest BCUT2D eigenvalue weighted by atomic mass is 10.0. The van der Waals surface area contributed by atoms with Gasteiger partial charge in [0, 0.05) is 54.9 Å². The molecule has 4 rings (SSSR count). The predicted molar refractivity (Wildman–Crippen MR) is 109 cm³/mol. The number of pyridine rings is 1. The van der Waals surface area contributed by atoms with Crippen molar-refractivity contribution in [1.82, 2.24) is 14.9 Å². The number of anilines is 1. The van der Waals surface area contributed by atoms with Crippen LogP contribution < -0.4 is 10.6 Å². The molecule has 0 atom stereocenters. The molecule has 0 saturated heterocycles. The maximum atomic E-state index is 4.55. The Morgan fingerprint density at radius 2 is 2.12 bits per heavy atom. The molecule has 0 bridgehead atoms. The number of nitrogens with zero attached hydrogens (tertiary/aromatic N) is 2. The number of rotatable bonds is 5. The van der Waals surface area contributed by atoms with Crippen LogP contribution in [0.3, 0.4) is 0 Å². The zero-order valence-electron chi connectivity index (χ0n) is 16.0. The fourth-order valence-electron chi connectivity index (χ4n) is 3.94. The van der Waals surface area contributed by atoms with E-state index in [4.69, 9.17) is 0 Å². The van der Waals surface area contributed by atoms with Crippen LogP contribution in [0.1, 0.15) is 36.2 Å². The third kappa shape index (κ3) is 3.34. The van der Waals surface area contributed by atoms with E-state index >= 15 is 0 Å². The molecule has 3 heterocycles. The maximum absolute atomic E-state index is 4.55. The van der Waals surface area contributed by atoms with E-state index in [1.165, 1.54) is 33.3 Å². The van der Waals surface area contributed by atoms with E-state index in [9.17, 15) is 0 Å². The van der Waals surface area contributed by atoms with Gasteiger partial charge in [-0.2, -0.15) is 0 Å². The van der Waals surface area contributed by atoms with Crippen molar-refractivity contribution < 1.29 is 0 Å². The molecule has 0 fully saturated rings. The first-order valence-corrected chi connectivity index (χ1v) is 9.64. The molecule has 1 aromatic carbocycles. The van der Waals surface area contributed by atoms with E-state index in [2.05, 4.69) is 71.3 Å². The summed E-state index contributed by atoms with van der Waals surface area (Å²) in [6.07, 6.45) is 4.12. The molecule has 0 spiro atoms. The Hall–Kier alpha value is -2.33. The fraction of sp³-hybridized carbons (Fsp3) is 0.409. The second-order valence-electron chi connectivity index (χ2n) is 7.62. The van der Waals surface area contributed by atoms with E-state index in [1.807, 2.05) is 6.20 Å². The van der Waals surface area contributed by atoms with Gasteiger partial charge in [0.25, 0.3) is 0 Å². The second kappa shape index (κ2) is 7.12. The summed E-state index contributed by atoms with van der Waals surface area (Å²) in [5, 5.41) is 8.30. The minimum absolute atomic E-state index is 0.406. The summed E-state index contributed by atoms with van der Waals surface area (Å²) in [5.41, 5.74) is 6.99. The summed E-state index contributed by atoms with van der Waals surface area (Å²) >= 11 is 0. The number of hydrogen-bond donors (Lipinski definition) is 2. The van der Waals surface area contributed by atoms with Crippen molar-refractivity contribution in [2.75, 3.05) is 11.9 Å². The first-order chi connectivity index (χ1) is 12.6. The van der Waals surface area contributed by atoms with Crippen molar-refractivity contribution in [3.8, 4) is 0 Å². The first kappa shape index (κ1) is 17.1. The van der Waals surface area contributed by atoms with Crippen LogP contribution in [0.4, 0.5) is 5.82 Å². The number of aryl methyl sites for hydroxylation is 3. The Bertz CT molecular complexity index is 906. The summed E-state index contributed by atoms with van der Waals surface area (Å²) in [6, 6.07) is 11.5. The van der Waals surface area contributed by atoms with Crippen molar-refractivity contribution in [3.63, 3.8) is 0 Å². The monoisotopic (exact) mass is 348 g/mol. The molecule has 1 aliphatic rings. The van der Waals surface area contributed by atoms with Gasteiger partial charge in [0.2, 0.25) is 0 Å². The molecular weight excluding hydrogens is 320 g/mol. The fourth-order valence-corrected chi connectivity index (χ4v) is 3.94. The minimum atomic E-state index is 0.406. The van der Waals surface area contributed by atoms with Gasteiger partial charge in [0.15, 0.2) is 0 Å². The molecule has 136 valence electrons. The summed E-state index contributed by atoms with van der Waals surface area (Å²) in [5.74, 6) is 0.953. The van der Waals surface area contributed by atoms with Crippen molar-refractivity contribution >= 4 is 16.7 Å². The Morgan fingerprint density at radius 1 is 1.23 bits per heavy atom. The van der Waals surface area contributed by atoms with Crippen molar-refractivity contribution in [1.29, 1.82) is 0 Å². The van der Waals surface area contributed by atoms with E-state index in [0.717, 1.165) is 38.3 Å². The van der Waals surface area contributed by atoms with E-state index in [-0.39, 0.29) is 0 Å². The molecule has 3 aromatic rings. The van der Waals surface area contributed by atoms with Gasteiger partial charge >= 0.3 is 0 Å². The van der Waals surface area contributed by atoms with Crippen molar-refractivity contribution in [2.24, 2.45) is 0 Å². The molecule has 0 aliphatic carbocycles. The highest BCUT2D eigenvalue weighted by molar-refractivity contribution is 5.86. The van der Waals surface area contributed by atoms with Gasteiger partial charge in [-0.15, -0.1) is 0 Å². The Labute approximate surface area is 155 Å². The SMILES string of the molecule is Cc1ccc2c(c1)c1c(n2CCc2ccc(NC(C)C)nc2)CCNC1. The summed E-state index contributed by atoms with van der Waals surface area (Å²) in [7, 11) is 0. The van der Waals surface area contributed by atoms with Gasteiger partial charge in [-0.3, -0.25) is 0 Å². The molecule has 2 N–H and O–H groups in total. The molecule has 4 nitrogen and oxygen atoms in total. The Balaban J connectivity index is 1.59. The van der Waals surface area contributed by atoms with Crippen LogP contribution in [0, 0.1) is 6.92 Å². The smallest absolute Gasteiger partial charge is 0.126 e. The van der Waals surface area contributed by atoms with Gasteiger partial charge in [-0.1, -0.05) is 17.7 Å². The number of aromatic nitrogens is 2. The van der Waals surface area contributed by atoms with Crippen LogP contribution >= 0.6 is 0 Å². The Morgan fingerprint density at radius 3 is 2.88 bits per heavy atom. The van der Waals surface area contributed by atoms with Crippen LogP contribution in [0.2, 0.25) is 0 Å². The number of benzene rings is 1. The first-order valence-electron chi connectivity index (χ1n) is 9.64. The summed E-state index contributed by atoms with van der Waals surface area (Å²) in [4.78, 5) is 4.55. The highest BCUT2D eigenvalue weighted by atomic mass is 15.0. The zero-order valence-corrected chi connectivity index (χ0v) is 16.0. The van der Waals surface area contributed by atoms with Crippen molar-refractivity contribution in [3.05, 3.63) is 58.9 Å². The Kier molecular flexibility index (Phi) is 4.68. The second-order valence-corrected chi connectivity index (χ2v) is 7.62. The lowest BCUT2D eigenvalue weighted by Gasteiger charge is -2.17. The molecule has 4 heteroatoms. The van der Waals surface area contributed by atoms with Crippen LogP contribution in [0.5, 0.6) is 0 Å². The van der Waals surface area contributed by atoms with Crippen LogP contribution in [0.25, 0.3) is 10.9 Å². The van der Waals surface area contributed by atoms with E-state index < -0.39 is 0 Å². The van der Waals surface area contributed by atoms with Gasteiger partial charge in [0.05, 0.1) is 0 Å². The average Bonchev–Trinajstić information content (AvgIpc) is 2.94. The predicted octanol–water partition coefficient (Wildman–Crippen LogP) is 4.05. The number of fused-ring (bicyclic) bond motifs is 3. The number of hydrogen-bond acceptors (Lipinski definition) is 3. The zero-order chi connectivity index (χ0) is 18.1. The normalized spacial score (nSPS) is 14.0. The molecule has 0 unspecified atom stereocenters. The lowest BCUT2D eigenvalue weighted by molar-refractivity contribution is 0.594. The third-order valence-electron chi connectivity index (χ3n) is 5.17. The summed E-state index contributed by atoms with van der Waals surface area (Å²) < 4.78 is 2.53.